The highest BCUT2D eigenvalue weighted by atomic mass is 19.2. The molecule has 0 saturated heterocycles. The first-order valence-corrected chi connectivity index (χ1v) is 10.3. The Kier molecular flexibility index (Phi) is 4.96. The van der Waals surface area contributed by atoms with Crippen LogP contribution in [0.5, 0.6) is 0 Å². The predicted octanol–water partition coefficient (Wildman–Crippen LogP) is 3.90. The van der Waals surface area contributed by atoms with Crippen molar-refractivity contribution in [2.24, 2.45) is 0 Å². The molecule has 1 aliphatic rings. The molecule has 1 aromatic carbocycles. The van der Waals surface area contributed by atoms with Crippen molar-refractivity contribution < 1.29 is 23.1 Å². The van der Waals surface area contributed by atoms with Gasteiger partial charge in [-0.3, -0.25) is 9.20 Å². The number of hydrogen-bond donors (Lipinski definition) is 1. The number of halogens is 3. The van der Waals surface area contributed by atoms with Crippen LogP contribution in [-0.2, 0) is 30.5 Å². The largest absolute Gasteiger partial charge is 0.481 e. The van der Waals surface area contributed by atoms with E-state index in [0.717, 1.165) is 29.1 Å². The summed E-state index contributed by atoms with van der Waals surface area (Å²) in [5.41, 5.74) is 4.14. The Morgan fingerprint density at radius 2 is 2.00 bits per heavy atom. The third kappa shape index (κ3) is 3.43. The Bertz CT molecular complexity index is 1340. The summed E-state index contributed by atoms with van der Waals surface area (Å²) in [6.45, 7) is 0. The molecule has 4 aromatic rings. The van der Waals surface area contributed by atoms with Crippen LogP contribution in [0.15, 0.2) is 42.6 Å². The van der Waals surface area contributed by atoms with Crippen molar-refractivity contribution in [1.82, 2.24) is 19.4 Å². The van der Waals surface area contributed by atoms with E-state index >= 15 is 0 Å². The van der Waals surface area contributed by atoms with E-state index < -0.39 is 23.6 Å². The van der Waals surface area contributed by atoms with E-state index in [1.54, 1.807) is 23.0 Å². The number of rotatable bonds is 5. The molecule has 0 fully saturated rings. The third-order valence-electron chi connectivity index (χ3n) is 6.08. The van der Waals surface area contributed by atoms with Crippen molar-refractivity contribution in [2.75, 3.05) is 0 Å². The smallest absolute Gasteiger partial charge is 0.307 e. The van der Waals surface area contributed by atoms with Crippen LogP contribution in [0.1, 0.15) is 40.5 Å². The molecule has 1 unspecified atom stereocenters. The summed E-state index contributed by atoms with van der Waals surface area (Å²) in [7, 11) is 0. The van der Waals surface area contributed by atoms with Crippen LogP contribution < -0.4 is 0 Å². The molecule has 6 nitrogen and oxygen atoms in total. The molecule has 1 aliphatic carbocycles. The zero-order valence-electron chi connectivity index (χ0n) is 16.9. The fourth-order valence-electron chi connectivity index (χ4n) is 4.72. The van der Waals surface area contributed by atoms with Crippen LogP contribution in [0, 0.1) is 17.6 Å². The first kappa shape index (κ1) is 20.3. The van der Waals surface area contributed by atoms with Gasteiger partial charge in [-0.05, 0) is 53.8 Å². The van der Waals surface area contributed by atoms with Crippen LogP contribution in [0.3, 0.4) is 0 Å². The standard InChI is InChI=1S/C23H19F3N4O2/c24-18-7-4-13(9-19(18)25)8-15-12-27-28-30(15)14-5-6-16-17(11-23(31)32)20-2-1-3-22(26)29(20)21(16)10-14/h1-4,7,9,12,14H,5-6,8,10-11H2,(H,31,32). The van der Waals surface area contributed by atoms with Crippen molar-refractivity contribution >= 4 is 11.5 Å². The molecule has 0 saturated carbocycles. The lowest BCUT2D eigenvalue weighted by Gasteiger charge is -2.25. The quantitative estimate of drug-likeness (QED) is 0.478. The van der Waals surface area contributed by atoms with Gasteiger partial charge >= 0.3 is 5.97 Å². The minimum Gasteiger partial charge on any atom is -0.481 e. The Hall–Kier alpha value is -3.62. The van der Waals surface area contributed by atoms with Crippen LogP contribution in [0.25, 0.3) is 5.52 Å². The van der Waals surface area contributed by atoms with Crippen molar-refractivity contribution in [3.05, 3.63) is 88.3 Å². The number of pyridine rings is 1. The Labute approximate surface area is 180 Å². The Morgan fingerprint density at radius 3 is 2.78 bits per heavy atom. The summed E-state index contributed by atoms with van der Waals surface area (Å²) in [6.07, 6.45) is 3.44. The van der Waals surface area contributed by atoms with E-state index in [1.807, 2.05) is 0 Å². The second-order valence-corrected chi connectivity index (χ2v) is 8.04. The molecule has 5 rings (SSSR count). The van der Waals surface area contributed by atoms with Gasteiger partial charge in [0, 0.05) is 18.5 Å². The molecule has 0 amide bonds. The molecule has 3 heterocycles. The van der Waals surface area contributed by atoms with Crippen molar-refractivity contribution in [3.63, 3.8) is 0 Å². The number of aromatic nitrogens is 4. The van der Waals surface area contributed by atoms with E-state index in [-0.39, 0.29) is 12.5 Å². The minimum absolute atomic E-state index is 0.124. The first-order chi connectivity index (χ1) is 15.4. The number of aliphatic carboxylic acids is 1. The van der Waals surface area contributed by atoms with Gasteiger partial charge in [-0.2, -0.15) is 4.39 Å². The van der Waals surface area contributed by atoms with Crippen molar-refractivity contribution in [3.8, 4) is 0 Å². The predicted molar refractivity (Wildman–Crippen MR) is 109 cm³/mol. The number of carboxylic acid groups (broad SMARTS) is 1. The summed E-state index contributed by atoms with van der Waals surface area (Å²) < 4.78 is 44.9. The number of carbonyl (C=O) groups is 1. The van der Waals surface area contributed by atoms with Gasteiger partial charge in [-0.1, -0.05) is 17.3 Å². The summed E-state index contributed by atoms with van der Waals surface area (Å²) in [4.78, 5) is 11.4. The number of nitrogens with zero attached hydrogens (tertiary/aromatic N) is 4. The number of hydrogen-bond acceptors (Lipinski definition) is 3. The molecule has 9 heteroatoms. The SMILES string of the molecule is O=C(O)Cc1c2c(n3c(F)cccc13)CC(n1nncc1Cc1ccc(F)c(F)c1)CC2. The van der Waals surface area contributed by atoms with E-state index in [9.17, 15) is 23.1 Å². The van der Waals surface area contributed by atoms with E-state index in [2.05, 4.69) is 10.3 Å². The highest BCUT2D eigenvalue weighted by Crippen LogP contribution is 2.36. The van der Waals surface area contributed by atoms with Gasteiger partial charge in [0.05, 0.1) is 29.9 Å². The lowest BCUT2D eigenvalue weighted by atomic mass is 9.90. The summed E-state index contributed by atoms with van der Waals surface area (Å²) in [5.74, 6) is -3.22. The van der Waals surface area contributed by atoms with Gasteiger partial charge in [0.15, 0.2) is 17.6 Å². The van der Waals surface area contributed by atoms with Crippen LogP contribution in [0.4, 0.5) is 13.2 Å². The highest BCUT2D eigenvalue weighted by molar-refractivity contribution is 5.77. The molecule has 0 radical (unpaired) electrons. The van der Waals surface area contributed by atoms with E-state index in [0.29, 0.717) is 42.3 Å². The second kappa shape index (κ2) is 7.81. The van der Waals surface area contributed by atoms with E-state index in [4.69, 9.17) is 0 Å². The van der Waals surface area contributed by atoms with Gasteiger partial charge < -0.3 is 5.11 Å². The van der Waals surface area contributed by atoms with Gasteiger partial charge in [0.1, 0.15) is 0 Å². The first-order valence-electron chi connectivity index (χ1n) is 10.3. The normalized spacial score (nSPS) is 15.8. The maximum Gasteiger partial charge on any atom is 0.307 e. The Balaban J connectivity index is 1.50. The maximum atomic E-state index is 14.7. The minimum atomic E-state index is -0.961. The lowest BCUT2D eigenvalue weighted by Crippen LogP contribution is -2.23. The van der Waals surface area contributed by atoms with Crippen LogP contribution >= 0.6 is 0 Å². The van der Waals surface area contributed by atoms with Crippen LogP contribution in [-0.4, -0.2) is 30.5 Å². The third-order valence-corrected chi connectivity index (χ3v) is 6.08. The topological polar surface area (TPSA) is 72.4 Å². The highest BCUT2D eigenvalue weighted by Gasteiger charge is 2.30. The molecule has 3 aromatic heterocycles. The molecular formula is C23H19F3N4O2. The number of carboxylic acids is 1. The molecular weight excluding hydrogens is 421 g/mol. The molecule has 32 heavy (non-hydrogen) atoms. The molecule has 1 N–H and O–H groups in total. The second-order valence-electron chi connectivity index (χ2n) is 8.04. The Morgan fingerprint density at radius 1 is 1.16 bits per heavy atom. The van der Waals surface area contributed by atoms with E-state index in [1.165, 1.54) is 16.5 Å². The summed E-state index contributed by atoms with van der Waals surface area (Å²) >= 11 is 0. The summed E-state index contributed by atoms with van der Waals surface area (Å²) in [5, 5.41) is 17.6. The number of fused-ring (bicyclic) bond motifs is 3. The average Bonchev–Trinajstić information content (AvgIpc) is 3.34. The van der Waals surface area contributed by atoms with Gasteiger partial charge in [0.2, 0.25) is 0 Å². The van der Waals surface area contributed by atoms with Gasteiger partial charge in [-0.25, -0.2) is 13.5 Å². The zero-order chi connectivity index (χ0) is 22.4. The fourth-order valence-corrected chi connectivity index (χ4v) is 4.72. The van der Waals surface area contributed by atoms with Crippen molar-refractivity contribution in [1.29, 1.82) is 0 Å². The number of benzene rings is 1. The molecule has 0 spiro atoms. The lowest BCUT2D eigenvalue weighted by molar-refractivity contribution is -0.136. The molecule has 0 aliphatic heterocycles. The van der Waals surface area contributed by atoms with Gasteiger partial charge in [-0.15, -0.1) is 5.10 Å². The monoisotopic (exact) mass is 440 g/mol. The molecule has 1 atom stereocenters. The van der Waals surface area contributed by atoms with Gasteiger partial charge in [0.25, 0.3) is 0 Å². The van der Waals surface area contributed by atoms with Crippen LogP contribution in [0.2, 0.25) is 0 Å². The molecule has 0 bridgehead atoms. The summed E-state index contributed by atoms with van der Waals surface area (Å²) in [6, 6.07) is 8.30. The average molecular weight is 440 g/mol. The zero-order valence-corrected chi connectivity index (χ0v) is 16.9. The maximum absolute atomic E-state index is 14.7. The fraction of sp³-hybridized carbons (Fsp3) is 0.261. The molecule has 164 valence electrons. The van der Waals surface area contributed by atoms with Crippen molar-refractivity contribution in [2.45, 2.75) is 38.1 Å².